The van der Waals surface area contributed by atoms with Gasteiger partial charge in [0, 0.05) is 17.1 Å². The molecule has 4 aromatic carbocycles. The van der Waals surface area contributed by atoms with Gasteiger partial charge in [0.25, 0.3) is 0 Å². The summed E-state index contributed by atoms with van der Waals surface area (Å²) in [5.41, 5.74) is 12.3. The van der Waals surface area contributed by atoms with Crippen molar-refractivity contribution in [3.8, 4) is 11.1 Å². The minimum atomic E-state index is 0.322. The molecule has 0 atom stereocenters. The first kappa shape index (κ1) is 14.9. The van der Waals surface area contributed by atoms with Crippen LogP contribution in [0.4, 0.5) is 17.1 Å². The van der Waals surface area contributed by atoms with Crippen LogP contribution in [0.3, 0.4) is 0 Å². The van der Waals surface area contributed by atoms with Gasteiger partial charge in [-0.3, -0.25) is 0 Å². The van der Waals surface area contributed by atoms with E-state index in [-0.39, 0.29) is 0 Å². The fraction of sp³-hybridized carbons (Fsp3) is 0.0400. The molecule has 4 aromatic rings. The van der Waals surface area contributed by atoms with Crippen LogP contribution in [0.1, 0.15) is 5.56 Å². The highest BCUT2D eigenvalue weighted by Gasteiger charge is 2.42. The molecule has 0 saturated heterocycles. The van der Waals surface area contributed by atoms with E-state index in [1.54, 1.807) is 0 Å². The van der Waals surface area contributed by atoms with Gasteiger partial charge in [-0.2, -0.15) is 0 Å². The zero-order chi connectivity index (χ0) is 18.0. The number of hydrogen-bond acceptors (Lipinski definition) is 1. The fourth-order valence-electron chi connectivity index (χ4n) is 4.97. The monoisotopic (exact) mass is 343 g/mol. The maximum atomic E-state index is 2.42. The molecule has 0 N–H and O–H groups in total. The molecule has 126 valence electrons. The van der Waals surface area contributed by atoms with Crippen molar-refractivity contribution in [1.82, 2.24) is 0 Å². The Morgan fingerprint density at radius 2 is 1.33 bits per heavy atom. The van der Waals surface area contributed by atoms with Crippen molar-refractivity contribution in [3.63, 3.8) is 0 Å². The molecule has 27 heavy (non-hydrogen) atoms. The smallest absolute Gasteiger partial charge is 0.248 e. The van der Waals surface area contributed by atoms with Crippen LogP contribution in [-0.2, 0) is 0 Å². The first-order chi connectivity index (χ1) is 13.3. The largest absolute Gasteiger partial charge is 0.312 e. The molecule has 2 aliphatic heterocycles. The number of rotatable bonds is 1. The lowest BCUT2D eigenvalue weighted by Gasteiger charge is -2.35. The summed E-state index contributed by atoms with van der Waals surface area (Å²) in [4.78, 5) is 2.42. The molecule has 1 nitrogen and oxygen atoms in total. The Kier molecular flexibility index (Phi) is 2.96. The van der Waals surface area contributed by atoms with Gasteiger partial charge in [-0.25, -0.2) is 0 Å². The van der Waals surface area contributed by atoms with Crippen LogP contribution in [0.15, 0.2) is 91.0 Å². The number of benzene rings is 4. The second-order valence-electron chi connectivity index (χ2n) is 7.44. The summed E-state index contributed by atoms with van der Waals surface area (Å²) in [7, 11) is 0. The number of aryl methyl sites for hydroxylation is 1. The van der Waals surface area contributed by atoms with Crippen molar-refractivity contribution in [2.24, 2.45) is 0 Å². The first-order valence-corrected chi connectivity index (χ1v) is 9.51. The van der Waals surface area contributed by atoms with Crippen LogP contribution >= 0.6 is 0 Å². The molecule has 0 saturated carbocycles. The summed E-state index contributed by atoms with van der Waals surface area (Å²) in [5, 5.41) is 0. The van der Waals surface area contributed by atoms with Crippen molar-refractivity contribution in [3.05, 3.63) is 96.6 Å². The predicted octanol–water partition coefficient (Wildman–Crippen LogP) is 4.27. The molecule has 0 fully saturated rings. The van der Waals surface area contributed by atoms with Crippen LogP contribution in [0, 0.1) is 6.92 Å². The molecular weight excluding hydrogens is 325 g/mol. The molecular formula is C25H18BN. The minimum Gasteiger partial charge on any atom is -0.312 e. The number of nitrogens with zero attached hydrogens (tertiary/aromatic N) is 1. The molecule has 2 heterocycles. The molecule has 2 aliphatic rings. The van der Waals surface area contributed by atoms with Crippen LogP contribution in [0.5, 0.6) is 0 Å². The zero-order valence-electron chi connectivity index (χ0n) is 15.2. The van der Waals surface area contributed by atoms with Crippen LogP contribution in [0.2, 0.25) is 0 Å². The van der Waals surface area contributed by atoms with Gasteiger partial charge in [0.2, 0.25) is 6.71 Å². The van der Waals surface area contributed by atoms with Gasteiger partial charge < -0.3 is 4.90 Å². The van der Waals surface area contributed by atoms with Gasteiger partial charge >= 0.3 is 0 Å². The van der Waals surface area contributed by atoms with E-state index in [0.717, 1.165) is 0 Å². The lowest BCUT2D eigenvalue weighted by atomic mass is 9.37. The third-order valence-corrected chi connectivity index (χ3v) is 6.00. The summed E-state index contributed by atoms with van der Waals surface area (Å²) in [5.74, 6) is 0. The highest BCUT2D eigenvalue weighted by atomic mass is 15.1. The lowest BCUT2D eigenvalue weighted by molar-refractivity contribution is 1.30. The lowest BCUT2D eigenvalue weighted by Crippen LogP contribution is -2.54. The number of fused-ring (bicyclic) bond motifs is 5. The quantitative estimate of drug-likeness (QED) is 0.403. The van der Waals surface area contributed by atoms with Gasteiger partial charge in [0.1, 0.15) is 0 Å². The Hall–Kier alpha value is -3.26. The van der Waals surface area contributed by atoms with E-state index in [1.807, 2.05) is 0 Å². The molecule has 0 radical (unpaired) electrons. The average Bonchev–Trinajstić information content (AvgIpc) is 3.06. The number of hydrogen-bond donors (Lipinski definition) is 0. The second-order valence-corrected chi connectivity index (χ2v) is 7.44. The van der Waals surface area contributed by atoms with E-state index < -0.39 is 0 Å². The summed E-state index contributed by atoms with van der Waals surface area (Å²) >= 11 is 0. The standard InChI is InChI=1S/C25H18BN/c1-17-9-7-14-21-24(17)19-12-8-16-23-25(19)26(21)20-13-5-6-15-22(20)27(23)18-10-3-2-4-11-18/h2-16H,1H3. The molecule has 0 unspecified atom stereocenters. The summed E-state index contributed by atoms with van der Waals surface area (Å²) in [6.45, 7) is 2.55. The van der Waals surface area contributed by atoms with Crippen molar-refractivity contribution in [2.45, 2.75) is 6.92 Å². The van der Waals surface area contributed by atoms with E-state index in [2.05, 4.69) is 103 Å². The minimum absolute atomic E-state index is 0.322. The van der Waals surface area contributed by atoms with Crippen molar-refractivity contribution >= 4 is 40.2 Å². The summed E-state index contributed by atoms with van der Waals surface area (Å²) in [6, 6.07) is 33.1. The SMILES string of the molecule is Cc1cccc2c1-c1cccc3c1B2c1ccccc1N3c1ccccc1. The summed E-state index contributed by atoms with van der Waals surface area (Å²) < 4.78 is 0. The summed E-state index contributed by atoms with van der Waals surface area (Å²) in [6.07, 6.45) is 0. The van der Waals surface area contributed by atoms with Gasteiger partial charge in [0.05, 0.1) is 0 Å². The maximum Gasteiger partial charge on any atom is 0.248 e. The van der Waals surface area contributed by atoms with Crippen LogP contribution in [0.25, 0.3) is 11.1 Å². The van der Waals surface area contributed by atoms with E-state index in [0.29, 0.717) is 6.71 Å². The van der Waals surface area contributed by atoms with Crippen LogP contribution < -0.4 is 21.3 Å². The van der Waals surface area contributed by atoms with E-state index >= 15 is 0 Å². The van der Waals surface area contributed by atoms with Gasteiger partial charge in [-0.1, -0.05) is 72.2 Å². The van der Waals surface area contributed by atoms with E-state index in [9.17, 15) is 0 Å². The normalized spacial score (nSPS) is 13.2. The Labute approximate surface area is 160 Å². The number of para-hydroxylation sites is 2. The number of anilines is 3. The van der Waals surface area contributed by atoms with Crippen molar-refractivity contribution < 1.29 is 0 Å². The Morgan fingerprint density at radius 3 is 2.22 bits per heavy atom. The molecule has 0 spiro atoms. The Bertz CT molecular complexity index is 1200. The van der Waals surface area contributed by atoms with Gasteiger partial charge in [-0.05, 0) is 58.8 Å². The average molecular weight is 343 g/mol. The third-order valence-electron chi connectivity index (χ3n) is 6.00. The van der Waals surface area contributed by atoms with E-state index in [1.165, 1.54) is 50.1 Å². The zero-order valence-corrected chi connectivity index (χ0v) is 15.2. The second kappa shape index (κ2) is 5.37. The maximum absolute atomic E-state index is 2.42. The molecule has 0 aromatic heterocycles. The molecule has 2 heteroatoms. The molecule has 0 amide bonds. The Balaban J connectivity index is 1.74. The topological polar surface area (TPSA) is 3.24 Å². The molecule has 0 aliphatic carbocycles. The van der Waals surface area contributed by atoms with Crippen molar-refractivity contribution in [1.29, 1.82) is 0 Å². The van der Waals surface area contributed by atoms with Crippen LogP contribution in [-0.4, -0.2) is 6.71 Å². The van der Waals surface area contributed by atoms with Gasteiger partial charge in [-0.15, -0.1) is 0 Å². The van der Waals surface area contributed by atoms with Crippen molar-refractivity contribution in [2.75, 3.05) is 4.90 Å². The Morgan fingerprint density at radius 1 is 0.630 bits per heavy atom. The highest BCUT2D eigenvalue weighted by molar-refractivity contribution is 7.01. The first-order valence-electron chi connectivity index (χ1n) is 9.51. The highest BCUT2D eigenvalue weighted by Crippen LogP contribution is 2.40. The molecule has 6 rings (SSSR count). The molecule has 0 bridgehead atoms. The predicted molar refractivity (Wildman–Crippen MR) is 116 cm³/mol. The van der Waals surface area contributed by atoms with E-state index in [4.69, 9.17) is 0 Å². The fourth-order valence-corrected chi connectivity index (χ4v) is 4.97. The third kappa shape index (κ3) is 1.90. The van der Waals surface area contributed by atoms with Gasteiger partial charge in [0.15, 0.2) is 0 Å².